The van der Waals surface area contributed by atoms with Gasteiger partial charge < -0.3 is 15.0 Å². The first-order chi connectivity index (χ1) is 9.24. The van der Waals surface area contributed by atoms with E-state index in [1.807, 2.05) is 24.3 Å². The Morgan fingerprint density at radius 1 is 1.32 bits per heavy atom. The summed E-state index contributed by atoms with van der Waals surface area (Å²) in [5, 5.41) is 2.82. The Labute approximate surface area is 111 Å². The molecule has 3 rings (SSSR count). The number of hydrogen-bond acceptors (Lipinski definition) is 3. The molecule has 1 N–H and O–H groups in total. The van der Waals surface area contributed by atoms with Crippen LogP contribution in [0.1, 0.15) is 18.4 Å². The Bertz CT molecular complexity index is 509. The molecular weight excluding hydrogens is 244 g/mol. The molecule has 0 bridgehead atoms. The van der Waals surface area contributed by atoms with Crippen LogP contribution in [-0.4, -0.2) is 36.0 Å². The number of para-hydroxylation sites is 1. The average molecular weight is 260 g/mol. The van der Waals surface area contributed by atoms with E-state index in [0.29, 0.717) is 13.2 Å². The standard InChI is InChI=1S/C14H16N2O3/c17-13-9-16(14(18)12-6-3-7-19-12)8-10-4-1-2-5-11(10)15-13/h1-2,4-5,12H,3,6-9H2,(H,15,17). The molecule has 1 fully saturated rings. The zero-order chi connectivity index (χ0) is 13.2. The van der Waals surface area contributed by atoms with Crippen molar-refractivity contribution in [2.24, 2.45) is 0 Å². The second-order valence-corrected chi connectivity index (χ2v) is 4.90. The van der Waals surface area contributed by atoms with E-state index in [2.05, 4.69) is 5.32 Å². The first kappa shape index (κ1) is 12.2. The summed E-state index contributed by atoms with van der Waals surface area (Å²) in [6.07, 6.45) is 1.28. The lowest BCUT2D eigenvalue weighted by Crippen LogP contribution is -2.41. The van der Waals surface area contributed by atoms with Crippen molar-refractivity contribution in [2.45, 2.75) is 25.5 Å². The molecule has 2 amide bonds. The van der Waals surface area contributed by atoms with Crippen LogP contribution in [0.25, 0.3) is 0 Å². The first-order valence-corrected chi connectivity index (χ1v) is 6.52. The summed E-state index contributed by atoms with van der Waals surface area (Å²) in [6.45, 7) is 1.17. The highest BCUT2D eigenvalue weighted by atomic mass is 16.5. The third-order valence-corrected chi connectivity index (χ3v) is 3.50. The maximum absolute atomic E-state index is 12.3. The highest BCUT2D eigenvalue weighted by Gasteiger charge is 2.31. The molecule has 1 atom stereocenters. The monoisotopic (exact) mass is 260 g/mol. The molecular formula is C14H16N2O3. The van der Waals surface area contributed by atoms with Crippen LogP contribution in [0.2, 0.25) is 0 Å². The van der Waals surface area contributed by atoms with Gasteiger partial charge >= 0.3 is 0 Å². The van der Waals surface area contributed by atoms with E-state index in [1.165, 1.54) is 0 Å². The lowest BCUT2D eigenvalue weighted by Gasteiger charge is -2.22. The van der Waals surface area contributed by atoms with Crippen molar-refractivity contribution >= 4 is 17.5 Å². The van der Waals surface area contributed by atoms with Crippen molar-refractivity contribution in [3.05, 3.63) is 29.8 Å². The van der Waals surface area contributed by atoms with Crippen LogP contribution < -0.4 is 5.32 Å². The Hall–Kier alpha value is -1.88. The SMILES string of the molecule is O=C1CN(C(=O)C2CCCO2)Cc2ccccc2N1. The highest BCUT2D eigenvalue weighted by Crippen LogP contribution is 2.22. The summed E-state index contributed by atoms with van der Waals surface area (Å²) in [7, 11) is 0. The fraction of sp³-hybridized carbons (Fsp3) is 0.429. The molecule has 1 aromatic carbocycles. The molecule has 0 saturated carbocycles. The van der Waals surface area contributed by atoms with E-state index in [-0.39, 0.29) is 24.5 Å². The summed E-state index contributed by atoms with van der Waals surface area (Å²) >= 11 is 0. The van der Waals surface area contributed by atoms with Crippen molar-refractivity contribution in [3.8, 4) is 0 Å². The number of nitrogens with one attached hydrogen (secondary N) is 1. The van der Waals surface area contributed by atoms with E-state index in [4.69, 9.17) is 4.74 Å². The van der Waals surface area contributed by atoms with Gasteiger partial charge in [-0.1, -0.05) is 18.2 Å². The molecule has 2 heterocycles. The van der Waals surface area contributed by atoms with Crippen LogP contribution in [0.4, 0.5) is 5.69 Å². The predicted octanol–water partition coefficient (Wildman–Crippen LogP) is 1.15. The molecule has 1 saturated heterocycles. The van der Waals surface area contributed by atoms with Gasteiger partial charge in [0.25, 0.3) is 5.91 Å². The van der Waals surface area contributed by atoms with E-state index >= 15 is 0 Å². The van der Waals surface area contributed by atoms with Crippen molar-refractivity contribution in [1.29, 1.82) is 0 Å². The third-order valence-electron chi connectivity index (χ3n) is 3.50. The molecule has 0 spiro atoms. The molecule has 1 aromatic rings. The molecule has 5 heteroatoms. The smallest absolute Gasteiger partial charge is 0.252 e. The summed E-state index contributed by atoms with van der Waals surface area (Å²) in [5.74, 6) is -0.236. The lowest BCUT2D eigenvalue weighted by molar-refractivity contribution is -0.143. The van der Waals surface area contributed by atoms with E-state index in [9.17, 15) is 9.59 Å². The molecule has 0 aromatic heterocycles. The van der Waals surface area contributed by atoms with Crippen molar-refractivity contribution < 1.29 is 14.3 Å². The van der Waals surface area contributed by atoms with Crippen LogP contribution in [0, 0.1) is 0 Å². The van der Waals surface area contributed by atoms with Gasteiger partial charge in [-0.3, -0.25) is 9.59 Å². The highest BCUT2D eigenvalue weighted by molar-refractivity contribution is 5.96. The van der Waals surface area contributed by atoms with Crippen LogP contribution in [0.3, 0.4) is 0 Å². The molecule has 19 heavy (non-hydrogen) atoms. The second kappa shape index (κ2) is 5.01. The first-order valence-electron chi connectivity index (χ1n) is 6.52. The van der Waals surface area contributed by atoms with E-state index in [0.717, 1.165) is 24.1 Å². The number of carbonyl (C=O) groups excluding carboxylic acids is 2. The van der Waals surface area contributed by atoms with Gasteiger partial charge in [0, 0.05) is 18.8 Å². The fourth-order valence-corrected chi connectivity index (χ4v) is 2.54. The number of hydrogen-bond donors (Lipinski definition) is 1. The largest absolute Gasteiger partial charge is 0.368 e. The minimum absolute atomic E-state index is 0.0793. The fourth-order valence-electron chi connectivity index (χ4n) is 2.54. The number of amides is 2. The summed E-state index contributed by atoms with van der Waals surface area (Å²) in [4.78, 5) is 25.7. The van der Waals surface area contributed by atoms with Gasteiger partial charge in [-0.2, -0.15) is 0 Å². The molecule has 5 nitrogen and oxygen atoms in total. The predicted molar refractivity (Wildman–Crippen MR) is 69.5 cm³/mol. The number of anilines is 1. The van der Waals surface area contributed by atoms with Gasteiger partial charge in [0.1, 0.15) is 12.6 Å². The van der Waals surface area contributed by atoms with E-state index in [1.54, 1.807) is 4.90 Å². The molecule has 1 unspecified atom stereocenters. The van der Waals surface area contributed by atoms with Gasteiger partial charge in [-0.15, -0.1) is 0 Å². The zero-order valence-electron chi connectivity index (χ0n) is 10.6. The van der Waals surface area contributed by atoms with Crippen LogP contribution in [0.15, 0.2) is 24.3 Å². The van der Waals surface area contributed by atoms with Gasteiger partial charge in [0.05, 0.1) is 0 Å². The molecule has 2 aliphatic heterocycles. The van der Waals surface area contributed by atoms with E-state index < -0.39 is 0 Å². The van der Waals surface area contributed by atoms with Crippen molar-refractivity contribution in [3.63, 3.8) is 0 Å². The number of benzene rings is 1. The van der Waals surface area contributed by atoms with Gasteiger partial charge in [0.2, 0.25) is 5.91 Å². The second-order valence-electron chi connectivity index (χ2n) is 4.90. The number of ether oxygens (including phenoxy) is 1. The maximum Gasteiger partial charge on any atom is 0.252 e. The Kier molecular flexibility index (Phi) is 3.21. The molecule has 0 radical (unpaired) electrons. The Morgan fingerprint density at radius 2 is 2.16 bits per heavy atom. The molecule has 2 aliphatic rings. The number of nitrogens with zero attached hydrogens (tertiary/aromatic N) is 1. The molecule has 100 valence electrons. The van der Waals surface area contributed by atoms with Gasteiger partial charge in [-0.25, -0.2) is 0 Å². The summed E-state index contributed by atoms with van der Waals surface area (Å²) < 4.78 is 5.41. The normalized spacial score (nSPS) is 22.6. The average Bonchev–Trinajstić information content (AvgIpc) is 2.87. The minimum Gasteiger partial charge on any atom is -0.368 e. The lowest BCUT2D eigenvalue weighted by atomic mass is 10.1. The molecule has 0 aliphatic carbocycles. The van der Waals surface area contributed by atoms with Gasteiger partial charge in [-0.05, 0) is 24.5 Å². The van der Waals surface area contributed by atoms with Crippen LogP contribution in [0.5, 0.6) is 0 Å². The number of carbonyl (C=O) groups is 2. The Morgan fingerprint density at radius 3 is 2.95 bits per heavy atom. The quantitative estimate of drug-likeness (QED) is 0.824. The Balaban J connectivity index is 1.83. The van der Waals surface area contributed by atoms with Crippen LogP contribution >= 0.6 is 0 Å². The van der Waals surface area contributed by atoms with Crippen LogP contribution in [-0.2, 0) is 20.9 Å². The third kappa shape index (κ3) is 2.46. The van der Waals surface area contributed by atoms with Crippen molar-refractivity contribution in [2.75, 3.05) is 18.5 Å². The minimum atomic E-state index is -0.377. The summed E-state index contributed by atoms with van der Waals surface area (Å²) in [5.41, 5.74) is 1.75. The maximum atomic E-state index is 12.3. The van der Waals surface area contributed by atoms with Gasteiger partial charge in [0.15, 0.2) is 0 Å². The van der Waals surface area contributed by atoms with Crippen molar-refractivity contribution in [1.82, 2.24) is 4.90 Å². The number of rotatable bonds is 1. The topological polar surface area (TPSA) is 58.6 Å². The number of fused-ring (bicyclic) bond motifs is 1. The zero-order valence-corrected chi connectivity index (χ0v) is 10.6. The summed E-state index contributed by atoms with van der Waals surface area (Å²) in [6, 6.07) is 7.56.